The number of primary amides is 1. The zero-order valence-electron chi connectivity index (χ0n) is 19.2. The van der Waals surface area contributed by atoms with Crippen LogP contribution in [0.15, 0.2) is 42.6 Å². The number of nitrogens with two attached hydrogens (primary N) is 1. The Hall–Kier alpha value is -4.14. The van der Waals surface area contributed by atoms with Gasteiger partial charge in [-0.25, -0.2) is 13.8 Å². The number of hydrogen-bond acceptors (Lipinski definition) is 5. The number of imidazole rings is 1. The van der Waals surface area contributed by atoms with E-state index >= 15 is 0 Å². The first kappa shape index (κ1) is 23.0. The minimum absolute atomic E-state index is 0.329. The van der Waals surface area contributed by atoms with Crippen LogP contribution in [0.25, 0.3) is 16.9 Å². The molecular weight excluding hydrogens is 442 g/mol. The van der Waals surface area contributed by atoms with E-state index in [9.17, 15) is 13.6 Å². The van der Waals surface area contributed by atoms with Crippen LogP contribution in [0.3, 0.4) is 0 Å². The van der Waals surface area contributed by atoms with Crippen molar-refractivity contribution in [1.82, 2.24) is 9.38 Å². The van der Waals surface area contributed by atoms with Gasteiger partial charge in [0.2, 0.25) is 0 Å². The fourth-order valence-corrected chi connectivity index (χ4v) is 3.95. The number of halogens is 2. The zero-order valence-corrected chi connectivity index (χ0v) is 19.2. The van der Waals surface area contributed by atoms with Gasteiger partial charge in [0.15, 0.2) is 6.61 Å². The largest absolute Gasteiger partial charge is 0.497 e. The predicted octanol–water partition coefficient (Wildman–Crippen LogP) is 4.82. The molecule has 1 amide bonds. The number of nitrogens with zero attached hydrogens (tertiary/aromatic N) is 2. The number of carbonyl (C=O) groups is 1. The molecule has 0 atom stereocenters. The van der Waals surface area contributed by atoms with Crippen molar-refractivity contribution in [2.24, 2.45) is 5.73 Å². The van der Waals surface area contributed by atoms with Crippen LogP contribution >= 0.6 is 0 Å². The molecule has 0 unspecified atom stereocenters. The van der Waals surface area contributed by atoms with E-state index in [-0.39, 0.29) is 12.4 Å². The number of aromatic nitrogens is 2. The second kappa shape index (κ2) is 9.01. The van der Waals surface area contributed by atoms with E-state index in [1.807, 2.05) is 6.92 Å². The second-order valence-corrected chi connectivity index (χ2v) is 8.00. The van der Waals surface area contributed by atoms with Crippen LogP contribution in [-0.2, 0) is 4.79 Å². The summed E-state index contributed by atoms with van der Waals surface area (Å²) in [5, 5.41) is 3.32. The van der Waals surface area contributed by atoms with Gasteiger partial charge in [0.05, 0.1) is 7.11 Å². The van der Waals surface area contributed by atoms with Gasteiger partial charge in [-0.05, 0) is 67.8 Å². The molecule has 9 heteroatoms. The van der Waals surface area contributed by atoms with Gasteiger partial charge in [-0.1, -0.05) is 0 Å². The molecule has 2 aromatic carbocycles. The molecule has 0 aliphatic heterocycles. The summed E-state index contributed by atoms with van der Waals surface area (Å²) in [6, 6.07) is 9.13. The molecule has 176 valence electrons. The molecule has 0 spiro atoms. The molecule has 3 N–H and O–H groups in total. The van der Waals surface area contributed by atoms with Crippen molar-refractivity contribution < 1.29 is 23.0 Å². The maximum Gasteiger partial charge on any atom is 0.255 e. The highest BCUT2D eigenvalue weighted by molar-refractivity contribution is 5.86. The number of benzene rings is 2. The highest BCUT2D eigenvalue weighted by atomic mass is 19.1. The summed E-state index contributed by atoms with van der Waals surface area (Å²) < 4.78 is 40.8. The van der Waals surface area contributed by atoms with Gasteiger partial charge >= 0.3 is 0 Å². The van der Waals surface area contributed by atoms with E-state index in [0.717, 1.165) is 5.56 Å². The molecule has 4 aromatic rings. The van der Waals surface area contributed by atoms with Crippen molar-refractivity contribution >= 4 is 23.1 Å². The van der Waals surface area contributed by atoms with Gasteiger partial charge in [0, 0.05) is 23.5 Å². The van der Waals surface area contributed by atoms with Crippen molar-refractivity contribution in [2.75, 3.05) is 19.0 Å². The Balaban J connectivity index is 1.98. The average molecular weight is 466 g/mol. The van der Waals surface area contributed by atoms with Crippen LogP contribution in [0.2, 0.25) is 0 Å². The lowest BCUT2D eigenvalue weighted by Crippen LogP contribution is -2.20. The topological polar surface area (TPSA) is 90.9 Å². The van der Waals surface area contributed by atoms with E-state index < -0.39 is 11.7 Å². The predicted molar refractivity (Wildman–Crippen MR) is 126 cm³/mol. The number of carbonyl (C=O) groups excluding carboxylic acids is 1. The lowest BCUT2D eigenvalue weighted by Gasteiger charge is -2.17. The van der Waals surface area contributed by atoms with Gasteiger partial charge in [0.1, 0.15) is 40.3 Å². The van der Waals surface area contributed by atoms with Crippen LogP contribution in [0.5, 0.6) is 11.5 Å². The minimum Gasteiger partial charge on any atom is -0.497 e. The molecule has 7 nitrogen and oxygen atoms in total. The number of rotatable bonds is 7. The van der Waals surface area contributed by atoms with E-state index in [4.69, 9.17) is 20.2 Å². The normalized spacial score (nSPS) is 11.0. The maximum atomic E-state index is 14.2. The molecule has 4 rings (SSSR count). The van der Waals surface area contributed by atoms with Crippen LogP contribution in [-0.4, -0.2) is 29.0 Å². The number of pyridine rings is 1. The quantitative estimate of drug-likeness (QED) is 0.408. The molecule has 0 radical (unpaired) electrons. The summed E-state index contributed by atoms with van der Waals surface area (Å²) in [6.07, 6.45) is 1.31. The first-order valence-corrected chi connectivity index (χ1v) is 10.5. The second-order valence-electron chi connectivity index (χ2n) is 8.00. The molecule has 0 saturated carbocycles. The summed E-state index contributed by atoms with van der Waals surface area (Å²) in [7, 11) is 1.52. The fourth-order valence-electron chi connectivity index (χ4n) is 3.95. The van der Waals surface area contributed by atoms with Crippen molar-refractivity contribution in [3.8, 4) is 22.8 Å². The summed E-state index contributed by atoms with van der Waals surface area (Å²) in [5.74, 6) is -0.143. The van der Waals surface area contributed by atoms with E-state index in [2.05, 4.69) is 5.32 Å². The van der Waals surface area contributed by atoms with Crippen molar-refractivity contribution in [3.05, 3.63) is 70.9 Å². The molecule has 0 saturated heterocycles. The minimum atomic E-state index is -0.639. The van der Waals surface area contributed by atoms with Gasteiger partial charge in [0.25, 0.3) is 5.91 Å². The number of hydrogen-bond donors (Lipinski definition) is 2. The first-order chi connectivity index (χ1) is 16.2. The Kier molecular flexibility index (Phi) is 6.10. The molecule has 0 aliphatic carbocycles. The lowest BCUT2D eigenvalue weighted by atomic mass is 10.0. The van der Waals surface area contributed by atoms with Crippen LogP contribution in [0.1, 0.15) is 16.7 Å². The maximum absolute atomic E-state index is 14.2. The van der Waals surface area contributed by atoms with Crippen LogP contribution in [0, 0.1) is 32.4 Å². The Morgan fingerprint density at radius 2 is 1.76 bits per heavy atom. The van der Waals surface area contributed by atoms with E-state index in [0.29, 0.717) is 51.0 Å². The molecule has 0 aliphatic rings. The standard InChI is InChI=1S/C25H24F2N4O3/c1-13-9-18(33-4)10-19(34-12-20(28)32)22(13)24-25(31-11-16(26)5-6-21(31)29-24)30-23-14(2)7-17(27)8-15(23)3/h5-11,30H,12H2,1-4H3,(H2,28,32). The number of methoxy groups -OCH3 is 1. The Morgan fingerprint density at radius 3 is 2.41 bits per heavy atom. The summed E-state index contributed by atoms with van der Waals surface area (Å²) in [6.45, 7) is 5.06. The highest BCUT2D eigenvalue weighted by Gasteiger charge is 2.23. The number of ether oxygens (including phenoxy) is 2. The van der Waals surface area contributed by atoms with Gasteiger partial charge in [-0.3, -0.25) is 9.20 Å². The number of fused-ring (bicyclic) bond motifs is 1. The number of amides is 1. The highest BCUT2D eigenvalue weighted by Crippen LogP contribution is 2.42. The number of nitrogens with one attached hydrogen (secondary N) is 1. The third-order valence-corrected chi connectivity index (χ3v) is 5.44. The molecule has 0 fully saturated rings. The van der Waals surface area contributed by atoms with Gasteiger partial charge in [-0.2, -0.15) is 0 Å². The summed E-state index contributed by atoms with van der Waals surface area (Å²) in [4.78, 5) is 16.1. The van der Waals surface area contributed by atoms with E-state index in [1.54, 1.807) is 36.4 Å². The summed E-state index contributed by atoms with van der Waals surface area (Å²) >= 11 is 0. The lowest BCUT2D eigenvalue weighted by molar-refractivity contribution is -0.119. The van der Waals surface area contributed by atoms with E-state index in [1.165, 1.54) is 31.5 Å². The molecule has 2 heterocycles. The van der Waals surface area contributed by atoms with Crippen molar-refractivity contribution in [2.45, 2.75) is 20.8 Å². The third kappa shape index (κ3) is 4.36. The molecule has 34 heavy (non-hydrogen) atoms. The van der Waals surface area contributed by atoms with Crippen LogP contribution in [0.4, 0.5) is 20.3 Å². The fraction of sp³-hybridized carbons (Fsp3) is 0.200. The smallest absolute Gasteiger partial charge is 0.255 e. The zero-order chi connectivity index (χ0) is 24.6. The van der Waals surface area contributed by atoms with Gasteiger partial charge in [-0.15, -0.1) is 0 Å². The van der Waals surface area contributed by atoms with Crippen LogP contribution < -0.4 is 20.5 Å². The Bertz CT molecular complexity index is 1390. The average Bonchev–Trinajstić information content (AvgIpc) is 3.11. The molecular formula is C25H24F2N4O3. The number of aryl methyl sites for hydroxylation is 3. The van der Waals surface area contributed by atoms with Crippen molar-refractivity contribution in [1.29, 1.82) is 0 Å². The molecule has 0 bridgehead atoms. The number of anilines is 2. The first-order valence-electron chi connectivity index (χ1n) is 10.5. The summed E-state index contributed by atoms with van der Waals surface area (Å²) in [5.41, 5.74) is 9.56. The van der Waals surface area contributed by atoms with Gasteiger partial charge < -0.3 is 20.5 Å². The van der Waals surface area contributed by atoms with Crippen molar-refractivity contribution in [3.63, 3.8) is 0 Å². The monoisotopic (exact) mass is 466 g/mol. The SMILES string of the molecule is COc1cc(C)c(-c2nc3ccc(F)cn3c2Nc2c(C)cc(F)cc2C)c(OCC(N)=O)c1. The Labute approximate surface area is 195 Å². The third-order valence-electron chi connectivity index (χ3n) is 5.44. The Morgan fingerprint density at radius 1 is 1.06 bits per heavy atom. The molecule has 2 aromatic heterocycles.